The van der Waals surface area contributed by atoms with Gasteiger partial charge in [-0.05, 0) is 17.7 Å². The molecule has 1 amide bonds. The van der Waals surface area contributed by atoms with E-state index in [2.05, 4.69) is 20.6 Å². The first kappa shape index (κ1) is 15.5. The maximum absolute atomic E-state index is 11.6. The lowest BCUT2D eigenvalue weighted by molar-refractivity contribution is 0.100. The summed E-state index contributed by atoms with van der Waals surface area (Å²) in [6, 6.07) is 15.3. The van der Waals surface area contributed by atoms with Gasteiger partial charge in [-0.25, -0.2) is 4.98 Å². The Morgan fingerprint density at radius 2 is 1.83 bits per heavy atom. The molecule has 4 N–H and O–H groups in total. The SMILES string of the molecule is NC(=O)c1cnc(Nc2ccncc2)cc1NCc1ccccc1. The first-order valence-corrected chi connectivity index (χ1v) is 7.47. The minimum Gasteiger partial charge on any atom is -0.380 e. The predicted molar refractivity (Wildman–Crippen MR) is 94.0 cm³/mol. The highest BCUT2D eigenvalue weighted by Gasteiger charge is 2.10. The average molecular weight is 319 g/mol. The Balaban J connectivity index is 1.82. The van der Waals surface area contributed by atoms with Crippen LogP contribution in [0.5, 0.6) is 0 Å². The third-order valence-electron chi connectivity index (χ3n) is 3.45. The van der Waals surface area contributed by atoms with Crippen LogP contribution in [0.2, 0.25) is 0 Å². The predicted octanol–water partition coefficient (Wildman–Crippen LogP) is 2.93. The summed E-state index contributed by atoms with van der Waals surface area (Å²) >= 11 is 0. The Kier molecular flexibility index (Phi) is 4.67. The lowest BCUT2D eigenvalue weighted by atomic mass is 10.2. The van der Waals surface area contributed by atoms with Crippen molar-refractivity contribution in [3.63, 3.8) is 0 Å². The number of nitrogens with one attached hydrogen (secondary N) is 2. The Bertz CT molecular complexity index is 821. The quantitative estimate of drug-likeness (QED) is 0.649. The molecule has 0 saturated heterocycles. The number of carbonyl (C=O) groups excluding carboxylic acids is 1. The molecule has 2 aromatic heterocycles. The highest BCUT2D eigenvalue weighted by Crippen LogP contribution is 2.21. The smallest absolute Gasteiger partial charge is 0.252 e. The molecule has 6 nitrogen and oxygen atoms in total. The molecule has 1 aromatic carbocycles. The average Bonchev–Trinajstić information content (AvgIpc) is 2.61. The number of benzene rings is 1. The second-order valence-electron chi connectivity index (χ2n) is 5.18. The number of aromatic nitrogens is 2. The fourth-order valence-electron chi connectivity index (χ4n) is 2.24. The van der Waals surface area contributed by atoms with Crippen molar-refractivity contribution in [2.24, 2.45) is 5.73 Å². The van der Waals surface area contributed by atoms with Crippen molar-refractivity contribution >= 4 is 23.1 Å². The van der Waals surface area contributed by atoms with Gasteiger partial charge in [-0.3, -0.25) is 9.78 Å². The largest absolute Gasteiger partial charge is 0.380 e. The van der Waals surface area contributed by atoms with Crippen molar-refractivity contribution in [3.8, 4) is 0 Å². The van der Waals surface area contributed by atoms with Crippen LogP contribution in [0.15, 0.2) is 67.1 Å². The molecule has 0 unspecified atom stereocenters. The summed E-state index contributed by atoms with van der Waals surface area (Å²) in [6.07, 6.45) is 4.85. The number of nitrogens with zero attached hydrogens (tertiary/aromatic N) is 2. The van der Waals surface area contributed by atoms with Gasteiger partial charge in [0, 0.05) is 36.9 Å². The standard InChI is InChI=1S/C18H17N5O/c19-18(24)15-12-22-17(23-14-6-8-20-9-7-14)10-16(15)21-11-13-4-2-1-3-5-13/h1-10,12H,11H2,(H2,19,24)(H2,20,21,22,23). The Morgan fingerprint density at radius 1 is 1.08 bits per heavy atom. The summed E-state index contributed by atoms with van der Waals surface area (Å²) in [5, 5.41) is 6.41. The summed E-state index contributed by atoms with van der Waals surface area (Å²) in [6.45, 7) is 0.583. The number of anilines is 3. The first-order chi connectivity index (χ1) is 11.7. The molecule has 2 heterocycles. The molecule has 6 heteroatoms. The Morgan fingerprint density at radius 3 is 2.54 bits per heavy atom. The molecule has 3 rings (SSSR count). The zero-order valence-electron chi connectivity index (χ0n) is 12.9. The number of rotatable bonds is 6. The molecule has 0 aliphatic heterocycles. The van der Waals surface area contributed by atoms with E-state index in [1.807, 2.05) is 42.5 Å². The van der Waals surface area contributed by atoms with E-state index in [1.165, 1.54) is 6.20 Å². The number of nitrogens with two attached hydrogens (primary N) is 1. The summed E-state index contributed by atoms with van der Waals surface area (Å²) in [5.41, 5.74) is 8.39. The van der Waals surface area contributed by atoms with E-state index in [9.17, 15) is 4.79 Å². The van der Waals surface area contributed by atoms with E-state index in [0.29, 0.717) is 23.6 Å². The van der Waals surface area contributed by atoms with Gasteiger partial charge < -0.3 is 16.4 Å². The summed E-state index contributed by atoms with van der Waals surface area (Å²) in [5.74, 6) is 0.0929. The monoisotopic (exact) mass is 319 g/mol. The van der Waals surface area contributed by atoms with E-state index in [0.717, 1.165) is 11.3 Å². The van der Waals surface area contributed by atoms with Gasteiger partial charge in [0.15, 0.2) is 0 Å². The lowest BCUT2D eigenvalue weighted by Gasteiger charge is -2.12. The van der Waals surface area contributed by atoms with Crippen molar-refractivity contribution in [3.05, 3.63) is 78.2 Å². The number of primary amides is 1. The summed E-state index contributed by atoms with van der Waals surface area (Å²) < 4.78 is 0. The van der Waals surface area contributed by atoms with Crippen LogP contribution in [0.3, 0.4) is 0 Å². The van der Waals surface area contributed by atoms with Crippen LogP contribution < -0.4 is 16.4 Å². The topological polar surface area (TPSA) is 92.9 Å². The van der Waals surface area contributed by atoms with Gasteiger partial charge in [0.25, 0.3) is 5.91 Å². The Hall–Kier alpha value is -3.41. The number of hydrogen-bond donors (Lipinski definition) is 3. The minimum atomic E-state index is -0.520. The maximum atomic E-state index is 11.6. The van der Waals surface area contributed by atoms with Crippen LogP contribution in [-0.4, -0.2) is 15.9 Å². The zero-order chi connectivity index (χ0) is 16.8. The van der Waals surface area contributed by atoms with Crippen LogP contribution in [0, 0.1) is 0 Å². The van der Waals surface area contributed by atoms with Gasteiger partial charge in [0.1, 0.15) is 5.82 Å². The van der Waals surface area contributed by atoms with Gasteiger partial charge in [0.2, 0.25) is 0 Å². The molecule has 120 valence electrons. The van der Waals surface area contributed by atoms with Crippen LogP contribution >= 0.6 is 0 Å². The summed E-state index contributed by atoms with van der Waals surface area (Å²) in [4.78, 5) is 19.8. The van der Waals surface area contributed by atoms with Gasteiger partial charge >= 0.3 is 0 Å². The second-order valence-corrected chi connectivity index (χ2v) is 5.18. The van der Waals surface area contributed by atoms with E-state index in [1.54, 1.807) is 18.5 Å². The normalized spacial score (nSPS) is 10.2. The minimum absolute atomic E-state index is 0.353. The van der Waals surface area contributed by atoms with E-state index in [4.69, 9.17) is 5.73 Å². The highest BCUT2D eigenvalue weighted by atomic mass is 16.1. The Labute approximate surface area is 139 Å². The van der Waals surface area contributed by atoms with Crippen LogP contribution in [0.4, 0.5) is 17.2 Å². The molecule has 24 heavy (non-hydrogen) atoms. The molecule has 3 aromatic rings. The molecule has 0 aliphatic carbocycles. The van der Waals surface area contributed by atoms with Crippen molar-refractivity contribution in [1.29, 1.82) is 0 Å². The van der Waals surface area contributed by atoms with Crippen LogP contribution in [-0.2, 0) is 6.54 Å². The zero-order valence-corrected chi connectivity index (χ0v) is 12.9. The molecule has 0 saturated carbocycles. The van der Waals surface area contributed by atoms with E-state index < -0.39 is 5.91 Å². The molecular weight excluding hydrogens is 302 g/mol. The lowest BCUT2D eigenvalue weighted by Crippen LogP contribution is -2.15. The summed E-state index contributed by atoms with van der Waals surface area (Å²) in [7, 11) is 0. The van der Waals surface area contributed by atoms with Gasteiger partial charge in [-0.1, -0.05) is 30.3 Å². The number of amides is 1. The van der Waals surface area contributed by atoms with Gasteiger partial charge in [-0.15, -0.1) is 0 Å². The number of carbonyl (C=O) groups is 1. The van der Waals surface area contributed by atoms with Crippen LogP contribution in [0.25, 0.3) is 0 Å². The van der Waals surface area contributed by atoms with Gasteiger partial charge in [0.05, 0.1) is 11.3 Å². The highest BCUT2D eigenvalue weighted by molar-refractivity contribution is 5.98. The maximum Gasteiger partial charge on any atom is 0.252 e. The molecule has 0 atom stereocenters. The van der Waals surface area contributed by atoms with Gasteiger partial charge in [-0.2, -0.15) is 0 Å². The van der Waals surface area contributed by atoms with Crippen molar-refractivity contribution in [2.45, 2.75) is 6.54 Å². The molecule has 0 radical (unpaired) electrons. The van der Waals surface area contributed by atoms with Crippen molar-refractivity contribution in [2.75, 3.05) is 10.6 Å². The van der Waals surface area contributed by atoms with Crippen LogP contribution in [0.1, 0.15) is 15.9 Å². The first-order valence-electron chi connectivity index (χ1n) is 7.47. The van der Waals surface area contributed by atoms with Crippen molar-refractivity contribution in [1.82, 2.24) is 9.97 Å². The third kappa shape index (κ3) is 3.86. The molecule has 0 spiro atoms. The molecule has 0 aliphatic rings. The number of hydrogen-bond acceptors (Lipinski definition) is 5. The molecule has 0 fully saturated rings. The third-order valence-corrected chi connectivity index (χ3v) is 3.45. The molecule has 0 bridgehead atoms. The molecular formula is C18H17N5O. The second kappa shape index (κ2) is 7.23. The van der Waals surface area contributed by atoms with E-state index >= 15 is 0 Å². The fraction of sp³-hybridized carbons (Fsp3) is 0.0556. The number of pyridine rings is 2. The van der Waals surface area contributed by atoms with Crippen molar-refractivity contribution < 1.29 is 4.79 Å². The van der Waals surface area contributed by atoms with E-state index in [-0.39, 0.29) is 0 Å². The fourth-order valence-corrected chi connectivity index (χ4v) is 2.24.